The maximum absolute atomic E-state index is 12.4. The largest absolute Gasteiger partial charge is 0.472 e. The molecule has 9 heteroatoms. The summed E-state index contributed by atoms with van der Waals surface area (Å²) >= 11 is 0. The molecule has 0 radical (unpaired) electrons. The molecule has 1 fully saturated rings. The lowest BCUT2D eigenvalue weighted by molar-refractivity contribution is 0.204. The maximum Gasteiger partial charge on any atom is 0.262 e. The van der Waals surface area contributed by atoms with Crippen LogP contribution in [0.3, 0.4) is 0 Å². The van der Waals surface area contributed by atoms with E-state index in [1.54, 1.807) is 29.9 Å². The van der Waals surface area contributed by atoms with Crippen molar-refractivity contribution in [1.82, 2.24) is 24.1 Å². The highest BCUT2D eigenvalue weighted by atomic mass is 32.2. The van der Waals surface area contributed by atoms with Crippen LogP contribution < -0.4 is 4.74 Å². The SMILES string of the molecule is Cn1cnc(S(=O)(=O)N2CC[C@@H](Oc3cccnn3)C2)c1. The van der Waals surface area contributed by atoms with Gasteiger partial charge in [-0.25, -0.2) is 13.4 Å². The Morgan fingerprint density at radius 1 is 1.43 bits per heavy atom. The minimum atomic E-state index is -3.56. The predicted octanol–water partition coefficient (Wildman–Crippen LogP) is 0.0521. The van der Waals surface area contributed by atoms with E-state index in [0.717, 1.165) is 0 Å². The zero-order chi connectivity index (χ0) is 14.9. The van der Waals surface area contributed by atoms with Crippen molar-refractivity contribution in [2.45, 2.75) is 17.6 Å². The molecule has 3 heterocycles. The van der Waals surface area contributed by atoms with Gasteiger partial charge in [-0.1, -0.05) is 0 Å². The summed E-state index contributed by atoms with van der Waals surface area (Å²) in [7, 11) is -1.83. The van der Waals surface area contributed by atoms with E-state index in [0.29, 0.717) is 18.8 Å². The van der Waals surface area contributed by atoms with Gasteiger partial charge in [0, 0.05) is 32.1 Å². The number of imidazole rings is 1. The van der Waals surface area contributed by atoms with Crippen LogP contribution >= 0.6 is 0 Å². The summed E-state index contributed by atoms with van der Waals surface area (Å²) in [5.41, 5.74) is 0. The van der Waals surface area contributed by atoms with Crippen LogP contribution in [0.25, 0.3) is 0 Å². The van der Waals surface area contributed by atoms with Gasteiger partial charge in [0.2, 0.25) is 5.88 Å². The Balaban J connectivity index is 1.69. The van der Waals surface area contributed by atoms with Gasteiger partial charge in [0.15, 0.2) is 5.03 Å². The molecule has 2 aromatic heterocycles. The van der Waals surface area contributed by atoms with E-state index in [1.165, 1.54) is 16.8 Å². The molecule has 0 N–H and O–H groups in total. The molecular weight excluding hydrogens is 294 g/mol. The second-order valence-corrected chi connectivity index (χ2v) is 6.72. The van der Waals surface area contributed by atoms with Crippen molar-refractivity contribution in [1.29, 1.82) is 0 Å². The highest BCUT2D eigenvalue weighted by Gasteiger charge is 2.35. The molecule has 0 aromatic carbocycles. The Labute approximate surface area is 122 Å². The van der Waals surface area contributed by atoms with Crippen LogP contribution in [0.5, 0.6) is 5.88 Å². The Morgan fingerprint density at radius 3 is 2.95 bits per heavy atom. The number of aryl methyl sites for hydroxylation is 1. The molecule has 0 saturated carbocycles. The Hall–Kier alpha value is -2.00. The number of nitrogens with zero attached hydrogens (tertiary/aromatic N) is 5. The van der Waals surface area contributed by atoms with Crippen LogP contribution in [-0.4, -0.2) is 51.7 Å². The molecule has 0 unspecified atom stereocenters. The van der Waals surface area contributed by atoms with E-state index in [4.69, 9.17) is 4.74 Å². The maximum atomic E-state index is 12.4. The first kappa shape index (κ1) is 14.0. The first-order valence-electron chi connectivity index (χ1n) is 6.48. The second-order valence-electron chi connectivity index (χ2n) is 4.83. The topological polar surface area (TPSA) is 90.2 Å². The van der Waals surface area contributed by atoms with Crippen molar-refractivity contribution in [2.24, 2.45) is 7.05 Å². The smallest absolute Gasteiger partial charge is 0.262 e. The number of rotatable bonds is 4. The molecule has 1 aliphatic rings. The predicted molar refractivity (Wildman–Crippen MR) is 73.0 cm³/mol. The summed E-state index contributed by atoms with van der Waals surface area (Å²) in [5, 5.41) is 7.62. The van der Waals surface area contributed by atoms with E-state index in [9.17, 15) is 8.42 Å². The molecule has 0 aliphatic carbocycles. The molecule has 0 amide bonds. The fraction of sp³-hybridized carbons (Fsp3) is 0.417. The van der Waals surface area contributed by atoms with Gasteiger partial charge in [0.25, 0.3) is 10.0 Å². The van der Waals surface area contributed by atoms with Gasteiger partial charge < -0.3 is 9.30 Å². The fourth-order valence-corrected chi connectivity index (χ4v) is 3.64. The molecule has 0 spiro atoms. The fourth-order valence-electron chi connectivity index (χ4n) is 2.19. The normalized spacial score (nSPS) is 19.8. The molecule has 112 valence electrons. The highest BCUT2D eigenvalue weighted by molar-refractivity contribution is 7.89. The summed E-state index contributed by atoms with van der Waals surface area (Å²) in [6.07, 6.45) is 4.91. The third-order valence-corrected chi connectivity index (χ3v) is 4.98. The summed E-state index contributed by atoms with van der Waals surface area (Å²) in [5.74, 6) is 0.402. The molecule has 1 atom stereocenters. The standard InChI is InChI=1S/C12H15N5O3S/c1-16-8-12(13-9-16)21(18,19)17-6-4-10(7-17)20-11-3-2-5-14-15-11/h2-3,5,8-10H,4,6-7H2,1H3/t10-/m1/s1. The number of hydrogen-bond acceptors (Lipinski definition) is 6. The summed E-state index contributed by atoms with van der Waals surface area (Å²) in [6.45, 7) is 0.694. The van der Waals surface area contributed by atoms with Gasteiger partial charge in [-0.2, -0.15) is 9.40 Å². The second kappa shape index (κ2) is 5.41. The lowest BCUT2D eigenvalue weighted by atomic mass is 10.3. The third-order valence-electron chi connectivity index (χ3n) is 3.23. The highest BCUT2D eigenvalue weighted by Crippen LogP contribution is 2.22. The molecule has 1 saturated heterocycles. The number of aromatic nitrogens is 4. The van der Waals surface area contributed by atoms with Crippen LogP contribution in [0.15, 0.2) is 35.9 Å². The lowest BCUT2D eigenvalue weighted by Crippen LogP contribution is -2.31. The van der Waals surface area contributed by atoms with Crippen LogP contribution in [0, 0.1) is 0 Å². The van der Waals surface area contributed by atoms with E-state index >= 15 is 0 Å². The quantitative estimate of drug-likeness (QED) is 0.793. The molecule has 8 nitrogen and oxygen atoms in total. The van der Waals surface area contributed by atoms with E-state index in [2.05, 4.69) is 15.2 Å². The van der Waals surface area contributed by atoms with E-state index in [-0.39, 0.29) is 17.7 Å². The van der Waals surface area contributed by atoms with Crippen LogP contribution in [0.1, 0.15) is 6.42 Å². The lowest BCUT2D eigenvalue weighted by Gasteiger charge is -2.15. The number of ether oxygens (including phenoxy) is 1. The number of hydrogen-bond donors (Lipinski definition) is 0. The summed E-state index contributed by atoms with van der Waals surface area (Å²) in [6, 6.07) is 3.42. The molecular formula is C12H15N5O3S. The minimum Gasteiger partial charge on any atom is -0.472 e. The molecule has 21 heavy (non-hydrogen) atoms. The van der Waals surface area contributed by atoms with Gasteiger partial charge in [-0.05, 0) is 12.5 Å². The number of sulfonamides is 1. The van der Waals surface area contributed by atoms with Crippen molar-refractivity contribution in [3.05, 3.63) is 30.9 Å². The first-order valence-corrected chi connectivity index (χ1v) is 7.92. The molecule has 3 rings (SSSR count). The van der Waals surface area contributed by atoms with E-state index in [1.807, 2.05) is 0 Å². The molecule has 1 aliphatic heterocycles. The van der Waals surface area contributed by atoms with Crippen LogP contribution in [0.4, 0.5) is 0 Å². The Kier molecular flexibility index (Phi) is 3.60. The van der Waals surface area contributed by atoms with Gasteiger partial charge >= 0.3 is 0 Å². The van der Waals surface area contributed by atoms with Gasteiger partial charge in [-0.3, -0.25) is 0 Å². The monoisotopic (exact) mass is 309 g/mol. The van der Waals surface area contributed by atoms with Crippen LogP contribution in [0.2, 0.25) is 0 Å². The van der Waals surface area contributed by atoms with E-state index < -0.39 is 10.0 Å². The average molecular weight is 309 g/mol. The van der Waals surface area contributed by atoms with Gasteiger partial charge in [-0.15, -0.1) is 5.10 Å². The van der Waals surface area contributed by atoms with Crippen molar-refractivity contribution in [3.8, 4) is 5.88 Å². The first-order chi connectivity index (χ1) is 10.1. The minimum absolute atomic E-state index is 0.0603. The third kappa shape index (κ3) is 2.88. The summed E-state index contributed by atoms with van der Waals surface area (Å²) < 4.78 is 33.5. The molecule has 2 aromatic rings. The van der Waals surface area contributed by atoms with Crippen molar-refractivity contribution in [2.75, 3.05) is 13.1 Å². The van der Waals surface area contributed by atoms with Crippen molar-refractivity contribution < 1.29 is 13.2 Å². The van der Waals surface area contributed by atoms with Gasteiger partial charge in [0.1, 0.15) is 6.10 Å². The van der Waals surface area contributed by atoms with Gasteiger partial charge in [0.05, 0.1) is 12.9 Å². The van der Waals surface area contributed by atoms with Crippen LogP contribution in [-0.2, 0) is 17.1 Å². The zero-order valence-electron chi connectivity index (χ0n) is 11.5. The van der Waals surface area contributed by atoms with Crippen molar-refractivity contribution in [3.63, 3.8) is 0 Å². The Bertz CT molecular complexity index is 716. The molecule has 0 bridgehead atoms. The summed E-state index contributed by atoms with van der Waals surface area (Å²) in [4.78, 5) is 3.91. The Morgan fingerprint density at radius 2 is 2.29 bits per heavy atom. The van der Waals surface area contributed by atoms with Crippen molar-refractivity contribution >= 4 is 10.0 Å². The average Bonchev–Trinajstić information content (AvgIpc) is 3.10. The zero-order valence-corrected chi connectivity index (χ0v) is 12.3.